The molecular weight excluding hydrogens is 641 g/mol. The van der Waals surface area contributed by atoms with Crippen molar-refractivity contribution < 1.29 is 0 Å². The van der Waals surface area contributed by atoms with Gasteiger partial charge in [-0.05, 0) is 131 Å². The number of nitrogens with zero attached hydrogens (tertiary/aromatic N) is 2. The highest BCUT2D eigenvalue weighted by atomic mass is 15.1. The minimum absolute atomic E-state index is 0.0419. The van der Waals surface area contributed by atoms with Crippen molar-refractivity contribution in [2.75, 3.05) is 9.80 Å². The van der Waals surface area contributed by atoms with Crippen LogP contribution in [-0.4, -0.2) is 0 Å². The van der Waals surface area contributed by atoms with Crippen molar-refractivity contribution in [1.82, 2.24) is 0 Å². The van der Waals surface area contributed by atoms with Crippen LogP contribution < -0.4 is 9.80 Å². The first-order chi connectivity index (χ1) is 26.0. The molecule has 53 heavy (non-hydrogen) atoms. The quantitative estimate of drug-likeness (QED) is 0.0986. The summed E-state index contributed by atoms with van der Waals surface area (Å²) in [5, 5.41) is 8.35. The van der Waals surface area contributed by atoms with E-state index in [2.05, 4.69) is 182 Å². The fraction of sp³-hybridized carbons (Fsp3) is 0.216. The number of rotatable bonds is 11. The second-order valence-corrected chi connectivity index (χ2v) is 15.6. The Balaban J connectivity index is 1.43. The number of para-hydroxylation sites is 4. The predicted octanol–water partition coefficient (Wildman–Crippen LogP) is 14.9. The van der Waals surface area contributed by atoms with E-state index in [4.69, 9.17) is 0 Å². The Kier molecular flexibility index (Phi) is 8.63. The average molecular weight is 689 g/mol. The van der Waals surface area contributed by atoms with E-state index in [-0.39, 0.29) is 5.41 Å². The third-order valence-corrected chi connectivity index (χ3v) is 11.7. The summed E-state index contributed by atoms with van der Waals surface area (Å²) in [6.07, 6.45) is 8.21. The minimum atomic E-state index is 0.0419. The van der Waals surface area contributed by atoms with Gasteiger partial charge in [0.25, 0.3) is 0 Å². The molecule has 1 aliphatic carbocycles. The molecular formula is C51H48N2. The van der Waals surface area contributed by atoms with Crippen LogP contribution in [0, 0.1) is 0 Å². The molecule has 1 aliphatic rings. The molecule has 0 saturated heterocycles. The van der Waals surface area contributed by atoms with Gasteiger partial charge in [0.05, 0.1) is 11.4 Å². The Morgan fingerprint density at radius 2 is 1.00 bits per heavy atom. The first kappa shape index (κ1) is 33.3. The second-order valence-electron chi connectivity index (χ2n) is 15.6. The summed E-state index contributed by atoms with van der Waals surface area (Å²) in [5.41, 5.74) is 11.7. The van der Waals surface area contributed by atoms with Gasteiger partial charge in [-0.1, -0.05) is 125 Å². The summed E-state index contributed by atoms with van der Waals surface area (Å²) >= 11 is 0. The van der Waals surface area contributed by atoms with Gasteiger partial charge in [0.2, 0.25) is 0 Å². The molecule has 0 spiro atoms. The lowest BCUT2D eigenvalue weighted by atomic mass is 9.70. The molecule has 0 radical (unpaired) electrons. The highest BCUT2D eigenvalue weighted by molar-refractivity contribution is 6.30. The van der Waals surface area contributed by atoms with Crippen molar-refractivity contribution in [3.63, 3.8) is 0 Å². The van der Waals surface area contributed by atoms with Crippen LogP contribution >= 0.6 is 0 Å². The van der Waals surface area contributed by atoms with E-state index >= 15 is 0 Å². The van der Waals surface area contributed by atoms with Gasteiger partial charge in [-0.2, -0.15) is 0 Å². The maximum absolute atomic E-state index is 2.59. The Hall–Kier alpha value is -5.60. The Morgan fingerprint density at radius 3 is 1.53 bits per heavy atom. The van der Waals surface area contributed by atoms with Crippen LogP contribution in [0.15, 0.2) is 152 Å². The molecule has 2 heteroatoms. The maximum Gasteiger partial charge on any atom is 0.0543 e. The first-order valence-electron chi connectivity index (χ1n) is 19.6. The van der Waals surface area contributed by atoms with Crippen molar-refractivity contribution in [2.45, 2.75) is 71.1 Å². The molecule has 8 aromatic rings. The van der Waals surface area contributed by atoms with Gasteiger partial charge in [-0.15, -0.1) is 0 Å². The smallest absolute Gasteiger partial charge is 0.0543 e. The van der Waals surface area contributed by atoms with E-state index in [1.54, 1.807) is 0 Å². The fourth-order valence-electron chi connectivity index (χ4n) is 9.01. The minimum Gasteiger partial charge on any atom is -0.310 e. The lowest BCUT2D eigenvalue weighted by molar-refractivity contribution is 0.475. The third-order valence-electron chi connectivity index (χ3n) is 11.7. The molecule has 0 N–H and O–H groups in total. The monoisotopic (exact) mass is 688 g/mol. The summed E-state index contributed by atoms with van der Waals surface area (Å²) in [4.78, 5) is 4.99. The molecule has 0 fully saturated rings. The molecule has 8 aromatic carbocycles. The zero-order valence-corrected chi connectivity index (χ0v) is 31.3. The largest absolute Gasteiger partial charge is 0.310 e. The lowest BCUT2D eigenvalue weighted by Gasteiger charge is -2.37. The molecule has 262 valence electrons. The van der Waals surface area contributed by atoms with E-state index in [1.807, 2.05) is 0 Å². The average Bonchev–Trinajstić information content (AvgIpc) is 3.20. The third kappa shape index (κ3) is 5.82. The molecule has 0 saturated carbocycles. The number of benzene rings is 8. The number of hydrogen-bond acceptors (Lipinski definition) is 2. The SMILES string of the molecule is CCCCCCc1cc(N(c2ccccc2)c2ccccc2)c2cc3c4c(cc(N(c5ccccc5)c5ccccc5)c5ccc1c2c54)CCC3(C)C. The molecule has 2 nitrogen and oxygen atoms in total. The van der Waals surface area contributed by atoms with Crippen molar-refractivity contribution in [2.24, 2.45) is 0 Å². The zero-order chi connectivity index (χ0) is 35.9. The molecule has 0 aliphatic heterocycles. The van der Waals surface area contributed by atoms with E-state index < -0.39 is 0 Å². The Labute approximate surface area is 314 Å². The van der Waals surface area contributed by atoms with Crippen LogP contribution in [0.3, 0.4) is 0 Å². The summed E-state index contributed by atoms with van der Waals surface area (Å²) in [6.45, 7) is 7.22. The molecule has 0 bridgehead atoms. The number of unbranched alkanes of at least 4 members (excludes halogenated alkanes) is 3. The van der Waals surface area contributed by atoms with Crippen LogP contribution in [0.5, 0.6) is 0 Å². The van der Waals surface area contributed by atoms with Crippen LogP contribution in [0.2, 0.25) is 0 Å². The van der Waals surface area contributed by atoms with Crippen LogP contribution in [0.4, 0.5) is 34.1 Å². The first-order valence-corrected chi connectivity index (χ1v) is 19.6. The van der Waals surface area contributed by atoms with Gasteiger partial charge in [0.15, 0.2) is 0 Å². The van der Waals surface area contributed by atoms with Gasteiger partial charge in [-0.25, -0.2) is 0 Å². The van der Waals surface area contributed by atoms with E-state index in [9.17, 15) is 0 Å². The van der Waals surface area contributed by atoms with E-state index in [0.717, 1.165) is 19.3 Å². The van der Waals surface area contributed by atoms with Gasteiger partial charge in [0.1, 0.15) is 0 Å². The summed E-state index contributed by atoms with van der Waals surface area (Å²) < 4.78 is 0. The van der Waals surface area contributed by atoms with Crippen molar-refractivity contribution in [3.05, 3.63) is 168 Å². The fourth-order valence-corrected chi connectivity index (χ4v) is 9.01. The van der Waals surface area contributed by atoms with Gasteiger partial charge >= 0.3 is 0 Å². The molecule has 0 atom stereocenters. The predicted molar refractivity (Wildman–Crippen MR) is 229 cm³/mol. The van der Waals surface area contributed by atoms with Crippen LogP contribution in [0.25, 0.3) is 32.3 Å². The molecule has 0 unspecified atom stereocenters. The second kappa shape index (κ2) is 13.7. The van der Waals surface area contributed by atoms with Crippen molar-refractivity contribution >= 4 is 66.4 Å². The van der Waals surface area contributed by atoms with Crippen molar-refractivity contribution in [1.29, 1.82) is 0 Å². The summed E-state index contributed by atoms with van der Waals surface area (Å²) in [5.74, 6) is 0. The summed E-state index contributed by atoms with van der Waals surface area (Å²) in [6, 6.07) is 56.3. The Morgan fingerprint density at radius 1 is 0.491 bits per heavy atom. The maximum atomic E-state index is 2.59. The highest BCUT2D eigenvalue weighted by Gasteiger charge is 2.33. The number of hydrogen-bond donors (Lipinski definition) is 0. The van der Waals surface area contributed by atoms with E-state index in [0.29, 0.717) is 0 Å². The standard InChI is InChI=1S/C51H48N2/c1-4-5-6-11-20-36-33-47(53(40-25-16-9-17-26-40)41-27-18-10-19-28-41)44-35-45-48-37(31-32-51(45,2)3)34-46(43-30-29-42(36)49(44)50(43)48)52(38-21-12-7-13-22-38)39-23-14-8-15-24-39/h7-10,12-19,21-30,33-35H,4-6,11,20,31-32H2,1-3H3. The van der Waals surface area contributed by atoms with Gasteiger partial charge in [-0.3, -0.25) is 0 Å². The zero-order valence-electron chi connectivity index (χ0n) is 31.3. The molecule has 9 rings (SSSR count). The molecule has 0 amide bonds. The Bertz CT molecular complexity index is 2420. The topological polar surface area (TPSA) is 6.48 Å². The van der Waals surface area contributed by atoms with Gasteiger partial charge in [0, 0.05) is 38.9 Å². The van der Waals surface area contributed by atoms with Crippen molar-refractivity contribution in [3.8, 4) is 0 Å². The van der Waals surface area contributed by atoms with E-state index in [1.165, 1.54) is 109 Å². The highest BCUT2D eigenvalue weighted by Crippen LogP contribution is 2.53. The van der Waals surface area contributed by atoms with Crippen LogP contribution in [0.1, 0.15) is 69.6 Å². The van der Waals surface area contributed by atoms with Gasteiger partial charge < -0.3 is 9.80 Å². The number of aryl methyl sites for hydroxylation is 2. The lowest BCUT2D eigenvalue weighted by Crippen LogP contribution is -2.24. The number of anilines is 6. The molecule has 0 aromatic heterocycles. The normalized spacial score (nSPS) is 13.6. The summed E-state index contributed by atoms with van der Waals surface area (Å²) in [7, 11) is 0. The van der Waals surface area contributed by atoms with Crippen LogP contribution in [-0.2, 0) is 18.3 Å². The molecule has 0 heterocycles.